The fourth-order valence-electron chi connectivity index (χ4n) is 4.95. The molecule has 2 unspecified atom stereocenters. The summed E-state index contributed by atoms with van der Waals surface area (Å²) >= 11 is 0. The minimum absolute atomic E-state index is 0.170. The number of carbonyl (C=O) groups excluding carboxylic acids is 1. The number of aryl methyl sites for hydroxylation is 1. The van der Waals surface area contributed by atoms with E-state index >= 15 is 0 Å². The SMILES string of the molecule is Cc1cc(=O)c(C(=O)NCc2ccc(CN3CC(C)CC(C)C3)cc2)nn1-c1ccccc1[N+](=O)[O-]. The summed E-state index contributed by atoms with van der Waals surface area (Å²) in [6.07, 6.45) is 1.28. The van der Waals surface area contributed by atoms with Crippen molar-refractivity contribution in [3.05, 3.63) is 97.4 Å². The number of hydrogen-bond acceptors (Lipinski definition) is 6. The maximum atomic E-state index is 12.8. The van der Waals surface area contributed by atoms with E-state index in [1.807, 2.05) is 12.1 Å². The van der Waals surface area contributed by atoms with E-state index in [1.165, 1.54) is 34.9 Å². The lowest BCUT2D eigenvalue weighted by molar-refractivity contribution is -0.384. The van der Waals surface area contributed by atoms with Gasteiger partial charge in [0.15, 0.2) is 5.69 Å². The first-order valence-corrected chi connectivity index (χ1v) is 12.1. The number of nitrogens with zero attached hydrogens (tertiary/aromatic N) is 4. The fraction of sp³-hybridized carbons (Fsp3) is 0.370. The van der Waals surface area contributed by atoms with Gasteiger partial charge in [0.2, 0.25) is 5.43 Å². The van der Waals surface area contributed by atoms with Crippen LogP contribution in [-0.2, 0) is 13.1 Å². The Bertz CT molecular complexity index is 1310. The molecule has 1 aromatic heterocycles. The fourth-order valence-corrected chi connectivity index (χ4v) is 4.95. The number of hydrogen-bond donors (Lipinski definition) is 1. The van der Waals surface area contributed by atoms with Crippen LogP contribution in [0.15, 0.2) is 59.4 Å². The summed E-state index contributed by atoms with van der Waals surface area (Å²) in [6, 6.07) is 15.4. The smallest absolute Gasteiger partial charge is 0.294 e. The molecule has 0 saturated carbocycles. The molecule has 0 bridgehead atoms. The predicted molar refractivity (Wildman–Crippen MR) is 137 cm³/mol. The van der Waals surface area contributed by atoms with Crippen LogP contribution in [0.3, 0.4) is 0 Å². The second-order valence-corrected chi connectivity index (χ2v) is 9.80. The zero-order valence-electron chi connectivity index (χ0n) is 20.8. The Labute approximate surface area is 209 Å². The summed E-state index contributed by atoms with van der Waals surface area (Å²) in [5, 5.41) is 18.4. The number of piperidine rings is 1. The summed E-state index contributed by atoms with van der Waals surface area (Å²) < 4.78 is 1.26. The molecule has 0 radical (unpaired) electrons. The number of nitro groups is 1. The number of rotatable bonds is 7. The Hall–Kier alpha value is -3.85. The van der Waals surface area contributed by atoms with E-state index in [-0.39, 0.29) is 23.6 Å². The topological polar surface area (TPSA) is 110 Å². The van der Waals surface area contributed by atoms with Crippen LogP contribution in [0, 0.1) is 28.9 Å². The molecule has 0 spiro atoms. The molecule has 4 rings (SSSR count). The summed E-state index contributed by atoms with van der Waals surface area (Å²) in [6.45, 7) is 9.56. The Kier molecular flexibility index (Phi) is 7.59. The second kappa shape index (κ2) is 10.8. The third kappa shape index (κ3) is 5.85. The van der Waals surface area contributed by atoms with E-state index in [2.05, 4.69) is 41.3 Å². The Morgan fingerprint density at radius 3 is 2.39 bits per heavy atom. The van der Waals surface area contributed by atoms with Crippen LogP contribution in [-0.4, -0.2) is 38.6 Å². The van der Waals surface area contributed by atoms with Gasteiger partial charge in [-0.2, -0.15) is 5.10 Å². The molecular formula is C27H31N5O4. The molecule has 2 heterocycles. The van der Waals surface area contributed by atoms with Crippen molar-refractivity contribution in [2.75, 3.05) is 13.1 Å². The van der Waals surface area contributed by atoms with Gasteiger partial charge in [-0.1, -0.05) is 50.2 Å². The van der Waals surface area contributed by atoms with Crippen molar-refractivity contribution < 1.29 is 9.72 Å². The Morgan fingerprint density at radius 2 is 1.72 bits per heavy atom. The average Bonchev–Trinajstić information content (AvgIpc) is 2.83. The highest BCUT2D eigenvalue weighted by molar-refractivity contribution is 5.92. The first-order chi connectivity index (χ1) is 17.2. The van der Waals surface area contributed by atoms with Gasteiger partial charge in [-0.05, 0) is 42.4 Å². The highest BCUT2D eigenvalue weighted by atomic mass is 16.6. The largest absolute Gasteiger partial charge is 0.346 e. The number of carbonyl (C=O) groups is 1. The second-order valence-electron chi connectivity index (χ2n) is 9.80. The van der Waals surface area contributed by atoms with Crippen LogP contribution in [0.5, 0.6) is 0 Å². The van der Waals surface area contributed by atoms with Crippen LogP contribution in [0.4, 0.5) is 5.69 Å². The molecule has 1 aliphatic heterocycles. The molecule has 0 aliphatic carbocycles. The lowest BCUT2D eigenvalue weighted by Crippen LogP contribution is -2.38. The zero-order valence-corrected chi connectivity index (χ0v) is 20.8. The summed E-state index contributed by atoms with van der Waals surface area (Å²) in [5.41, 5.74) is 1.67. The van der Waals surface area contributed by atoms with Gasteiger partial charge in [-0.3, -0.25) is 24.6 Å². The van der Waals surface area contributed by atoms with E-state index in [9.17, 15) is 19.7 Å². The van der Waals surface area contributed by atoms with E-state index in [4.69, 9.17) is 0 Å². The van der Waals surface area contributed by atoms with Crippen LogP contribution in [0.1, 0.15) is 47.6 Å². The molecule has 188 valence electrons. The molecule has 1 saturated heterocycles. The van der Waals surface area contributed by atoms with E-state index in [0.717, 1.165) is 25.2 Å². The summed E-state index contributed by atoms with van der Waals surface area (Å²) in [5.74, 6) is 0.778. The van der Waals surface area contributed by atoms with Crippen molar-refractivity contribution in [2.24, 2.45) is 11.8 Å². The Morgan fingerprint density at radius 1 is 1.08 bits per heavy atom. The van der Waals surface area contributed by atoms with Crippen molar-refractivity contribution in [3.63, 3.8) is 0 Å². The normalized spacial score (nSPS) is 18.1. The van der Waals surface area contributed by atoms with Gasteiger partial charge in [0.05, 0.1) is 4.92 Å². The maximum Gasteiger partial charge on any atom is 0.294 e. The van der Waals surface area contributed by atoms with E-state index in [1.54, 1.807) is 19.1 Å². The summed E-state index contributed by atoms with van der Waals surface area (Å²) in [4.78, 5) is 38.7. The molecule has 1 N–H and O–H groups in total. The minimum Gasteiger partial charge on any atom is -0.346 e. The van der Waals surface area contributed by atoms with Crippen molar-refractivity contribution in [3.8, 4) is 5.69 Å². The molecule has 1 aliphatic rings. The first kappa shape index (κ1) is 25.2. The standard InChI is InChI=1S/C27H31N5O4/c1-18-12-19(2)16-30(15-18)17-22-10-8-21(9-11-22)14-28-27(34)26-25(33)13-20(3)31(29-26)23-6-4-5-7-24(23)32(35)36/h4-11,13,18-19H,12,14-17H2,1-3H3,(H,28,34). The van der Waals surface area contributed by atoms with Crippen LogP contribution in [0.2, 0.25) is 0 Å². The molecule has 9 nitrogen and oxygen atoms in total. The lowest BCUT2D eigenvalue weighted by atomic mass is 9.91. The van der Waals surface area contributed by atoms with Gasteiger partial charge in [0, 0.05) is 44.0 Å². The van der Waals surface area contributed by atoms with Gasteiger partial charge >= 0.3 is 0 Å². The maximum absolute atomic E-state index is 12.8. The molecule has 2 aromatic carbocycles. The molecule has 2 atom stereocenters. The highest BCUT2D eigenvalue weighted by Gasteiger charge is 2.22. The molecule has 1 amide bonds. The van der Waals surface area contributed by atoms with Crippen molar-refractivity contribution in [1.29, 1.82) is 0 Å². The third-order valence-electron chi connectivity index (χ3n) is 6.46. The number of benzene rings is 2. The molecule has 3 aromatic rings. The zero-order chi connectivity index (χ0) is 25.8. The third-order valence-corrected chi connectivity index (χ3v) is 6.46. The lowest BCUT2D eigenvalue weighted by Gasteiger charge is -2.35. The monoisotopic (exact) mass is 489 g/mol. The van der Waals surface area contributed by atoms with Gasteiger partial charge in [0.25, 0.3) is 11.6 Å². The number of nitro benzene ring substituents is 1. The van der Waals surface area contributed by atoms with Crippen molar-refractivity contribution in [1.82, 2.24) is 20.0 Å². The number of nitrogens with one attached hydrogen (secondary N) is 1. The predicted octanol–water partition coefficient (Wildman–Crippen LogP) is 3.86. The first-order valence-electron chi connectivity index (χ1n) is 12.1. The van der Waals surface area contributed by atoms with Gasteiger partial charge in [-0.25, -0.2) is 4.68 Å². The number of para-hydroxylation sites is 2. The van der Waals surface area contributed by atoms with Gasteiger partial charge in [-0.15, -0.1) is 0 Å². The number of amides is 1. The molecule has 36 heavy (non-hydrogen) atoms. The van der Waals surface area contributed by atoms with Crippen molar-refractivity contribution >= 4 is 11.6 Å². The van der Waals surface area contributed by atoms with Crippen LogP contribution < -0.4 is 10.7 Å². The highest BCUT2D eigenvalue weighted by Crippen LogP contribution is 2.23. The Balaban J connectivity index is 1.45. The minimum atomic E-state index is -0.632. The number of aromatic nitrogens is 2. The van der Waals surface area contributed by atoms with E-state index < -0.39 is 16.3 Å². The average molecular weight is 490 g/mol. The van der Waals surface area contributed by atoms with Gasteiger partial charge < -0.3 is 5.32 Å². The molecule has 1 fully saturated rings. The van der Waals surface area contributed by atoms with Crippen LogP contribution >= 0.6 is 0 Å². The quantitative estimate of drug-likeness (QED) is 0.399. The van der Waals surface area contributed by atoms with Crippen molar-refractivity contribution in [2.45, 2.75) is 40.3 Å². The molecule has 9 heteroatoms. The van der Waals surface area contributed by atoms with Gasteiger partial charge in [0.1, 0.15) is 5.69 Å². The van der Waals surface area contributed by atoms with Crippen LogP contribution in [0.25, 0.3) is 5.69 Å². The molecular weight excluding hydrogens is 458 g/mol. The van der Waals surface area contributed by atoms with E-state index in [0.29, 0.717) is 17.5 Å². The summed E-state index contributed by atoms with van der Waals surface area (Å²) in [7, 11) is 0. The number of likely N-dealkylation sites (tertiary alicyclic amines) is 1.